The smallest absolute Gasteiger partial charge is 0.290 e. The van der Waals surface area contributed by atoms with Gasteiger partial charge in [-0.2, -0.15) is 0 Å². The second-order valence-corrected chi connectivity index (χ2v) is 3.25. The molecule has 4 heteroatoms. The highest BCUT2D eigenvalue weighted by atomic mass is 31.0. The zero-order valence-corrected chi connectivity index (χ0v) is 6.61. The summed E-state index contributed by atoms with van der Waals surface area (Å²) in [6.45, 7) is 2.18. The normalized spacial score (nSPS) is 24.2. The molecule has 1 saturated heterocycles. The molecule has 0 spiro atoms. The van der Waals surface area contributed by atoms with Gasteiger partial charge in [0.05, 0.1) is 0 Å². The van der Waals surface area contributed by atoms with Crippen molar-refractivity contribution < 1.29 is 5.02 Å². The van der Waals surface area contributed by atoms with E-state index in [1.165, 1.54) is 7.48 Å². The Morgan fingerprint density at radius 2 is 2.00 bits per heavy atom. The van der Waals surface area contributed by atoms with E-state index in [2.05, 4.69) is 14.1 Å². The standard InChI is InChI=1S/C5H12BNOP/c8-6-5-1-3-7(9)4-2-5/h5,8H,1-4,9H2. The third-order valence-corrected chi connectivity index (χ3v) is 2.30. The van der Waals surface area contributed by atoms with Crippen LogP contribution >= 0.6 is 9.39 Å². The molecule has 0 aliphatic carbocycles. The summed E-state index contributed by atoms with van der Waals surface area (Å²) >= 11 is 0. The maximum atomic E-state index is 8.63. The van der Waals surface area contributed by atoms with Gasteiger partial charge in [0, 0.05) is 13.1 Å². The van der Waals surface area contributed by atoms with Gasteiger partial charge in [-0.1, -0.05) is 9.39 Å². The van der Waals surface area contributed by atoms with E-state index < -0.39 is 0 Å². The lowest BCUT2D eigenvalue weighted by atomic mass is 9.74. The molecule has 1 atom stereocenters. The second-order valence-electron chi connectivity index (χ2n) is 2.52. The fourth-order valence-electron chi connectivity index (χ4n) is 1.07. The molecule has 0 amide bonds. The zero-order valence-electron chi connectivity index (χ0n) is 5.45. The van der Waals surface area contributed by atoms with Gasteiger partial charge in [0.2, 0.25) is 0 Å². The summed E-state index contributed by atoms with van der Waals surface area (Å²) in [6.07, 6.45) is 2.19. The van der Waals surface area contributed by atoms with Gasteiger partial charge in [-0.3, -0.25) is 4.67 Å². The van der Waals surface area contributed by atoms with Crippen molar-refractivity contribution in [3.63, 3.8) is 0 Å². The second kappa shape index (κ2) is 3.55. The van der Waals surface area contributed by atoms with Crippen molar-refractivity contribution in [1.29, 1.82) is 0 Å². The maximum Gasteiger partial charge on any atom is 0.290 e. The maximum absolute atomic E-state index is 8.63. The van der Waals surface area contributed by atoms with Crippen LogP contribution in [-0.4, -0.2) is 30.3 Å². The zero-order chi connectivity index (χ0) is 6.69. The molecule has 2 nitrogen and oxygen atoms in total. The summed E-state index contributed by atoms with van der Waals surface area (Å²) in [5, 5.41) is 8.63. The fourth-order valence-corrected chi connectivity index (χ4v) is 1.37. The van der Waals surface area contributed by atoms with Crippen LogP contribution in [0, 0.1) is 0 Å². The van der Waals surface area contributed by atoms with E-state index in [1.54, 1.807) is 0 Å². The number of piperidine rings is 1. The highest BCUT2D eigenvalue weighted by Gasteiger charge is 2.16. The van der Waals surface area contributed by atoms with Crippen molar-refractivity contribution in [3.8, 4) is 0 Å². The molecule has 1 radical (unpaired) electrons. The summed E-state index contributed by atoms with van der Waals surface area (Å²) in [4.78, 5) is 0. The van der Waals surface area contributed by atoms with Crippen molar-refractivity contribution in [3.05, 3.63) is 0 Å². The van der Waals surface area contributed by atoms with Crippen LogP contribution in [0.1, 0.15) is 12.8 Å². The van der Waals surface area contributed by atoms with Gasteiger partial charge >= 0.3 is 0 Å². The Hall–Kier alpha value is 0.415. The molecule has 1 N–H and O–H groups in total. The van der Waals surface area contributed by atoms with Gasteiger partial charge < -0.3 is 5.02 Å². The number of hydrogen-bond donors (Lipinski definition) is 1. The minimum atomic E-state index is 0.446. The Labute approximate surface area is 59.2 Å². The van der Waals surface area contributed by atoms with Crippen molar-refractivity contribution >= 4 is 16.9 Å². The highest BCUT2D eigenvalue weighted by molar-refractivity contribution is 7.13. The van der Waals surface area contributed by atoms with E-state index in [-0.39, 0.29) is 0 Å². The van der Waals surface area contributed by atoms with Gasteiger partial charge in [-0.15, -0.1) is 0 Å². The first kappa shape index (κ1) is 7.52. The predicted molar refractivity (Wildman–Crippen MR) is 42.2 cm³/mol. The summed E-state index contributed by atoms with van der Waals surface area (Å²) in [6, 6.07) is 0. The average Bonchev–Trinajstić information content (AvgIpc) is 1.90. The molecule has 0 aromatic heterocycles. The van der Waals surface area contributed by atoms with Crippen molar-refractivity contribution in [2.45, 2.75) is 18.7 Å². The van der Waals surface area contributed by atoms with E-state index in [4.69, 9.17) is 5.02 Å². The molecular formula is C5H12BNOP. The monoisotopic (exact) mass is 144 g/mol. The van der Waals surface area contributed by atoms with Crippen molar-refractivity contribution in [1.82, 2.24) is 4.67 Å². The number of hydrogen-bond acceptors (Lipinski definition) is 2. The molecule has 0 aromatic carbocycles. The third-order valence-electron chi connectivity index (χ3n) is 1.79. The molecule has 1 unspecified atom stereocenters. The molecule has 51 valence electrons. The lowest BCUT2D eigenvalue weighted by Crippen LogP contribution is -2.25. The van der Waals surface area contributed by atoms with E-state index in [0.29, 0.717) is 5.82 Å². The van der Waals surface area contributed by atoms with E-state index in [9.17, 15) is 0 Å². The average molecular weight is 144 g/mol. The molecule has 0 aromatic rings. The van der Waals surface area contributed by atoms with E-state index >= 15 is 0 Å². The highest BCUT2D eigenvalue weighted by Crippen LogP contribution is 2.22. The lowest BCUT2D eigenvalue weighted by molar-refractivity contribution is 0.367. The van der Waals surface area contributed by atoms with Gasteiger partial charge in [0.15, 0.2) is 0 Å². The predicted octanol–water partition coefficient (Wildman–Crippen LogP) is 0.272. The van der Waals surface area contributed by atoms with Gasteiger partial charge in [0.25, 0.3) is 7.48 Å². The molecule has 0 saturated carbocycles. The Morgan fingerprint density at radius 1 is 1.44 bits per heavy atom. The van der Waals surface area contributed by atoms with Gasteiger partial charge in [-0.05, 0) is 18.7 Å². The van der Waals surface area contributed by atoms with Crippen LogP contribution in [0.5, 0.6) is 0 Å². The molecular weight excluding hydrogens is 132 g/mol. The van der Waals surface area contributed by atoms with Gasteiger partial charge in [0.1, 0.15) is 0 Å². The van der Waals surface area contributed by atoms with Crippen LogP contribution in [-0.2, 0) is 0 Å². The SMILES string of the molecule is O[B]C1CCN(P)CC1. The van der Waals surface area contributed by atoms with Gasteiger partial charge in [-0.25, -0.2) is 0 Å². The molecule has 9 heavy (non-hydrogen) atoms. The third kappa shape index (κ3) is 2.25. The largest absolute Gasteiger partial charge is 0.454 e. The summed E-state index contributed by atoms with van der Waals surface area (Å²) in [5.74, 6) is 0.446. The molecule has 1 rings (SSSR count). The Balaban J connectivity index is 2.18. The van der Waals surface area contributed by atoms with Crippen LogP contribution in [0.3, 0.4) is 0 Å². The molecule has 1 aliphatic rings. The van der Waals surface area contributed by atoms with E-state index in [0.717, 1.165) is 25.9 Å². The quantitative estimate of drug-likeness (QED) is 0.421. The fraction of sp³-hybridized carbons (Fsp3) is 1.00. The first-order chi connectivity index (χ1) is 4.33. The van der Waals surface area contributed by atoms with Crippen LogP contribution in [0.15, 0.2) is 0 Å². The lowest BCUT2D eigenvalue weighted by Gasteiger charge is -2.26. The van der Waals surface area contributed by atoms with Crippen LogP contribution < -0.4 is 0 Å². The molecule has 1 fully saturated rings. The first-order valence-electron chi connectivity index (χ1n) is 3.30. The number of rotatable bonds is 1. The number of nitrogens with zero attached hydrogens (tertiary/aromatic N) is 1. The molecule has 0 bridgehead atoms. The first-order valence-corrected chi connectivity index (χ1v) is 3.82. The Kier molecular flexibility index (Phi) is 2.97. The summed E-state index contributed by atoms with van der Waals surface area (Å²) in [7, 11) is 4.01. The topological polar surface area (TPSA) is 23.5 Å². The van der Waals surface area contributed by atoms with Crippen molar-refractivity contribution in [2.24, 2.45) is 0 Å². The van der Waals surface area contributed by atoms with Crippen LogP contribution in [0.4, 0.5) is 0 Å². The molecule has 1 heterocycles. The van der Waals surface area contributed by atoms with Crippen LogP contribution in [0.2, 0.25) is 5.82 Å². The summed E-state index contributed by atoms with van der Waals surface area (Å²) in [5.41, 5.74) is 0. The van der Waals surface area contributed by atoms with E-state index in [1.807, 2.05) is 0 Å². The molecule has 1 aliphatic heterocycles. The van der Waals surface area contributed by atoms with Crippen LogP contribution in [0.25, 0.3) is 0 Å². The van der Waals surface area contributed by atoms with Crippen molar-refractivity contribution in [2.75, 3.05) is 13.1 Å². The minimum Gasteiger partial charge on any atom is -0.454 e. The Bertz CT molecular complexity index is 85.0. The minimum absolute atomic E-state index is 0.446. The Morgan fingerprint density at radius 3 is 2.44 bits per heavy atom. The summed E-state index contributed by atoms with van der Waals surface area (Å²) < 4.78 is 2.21.